The summed E-state index contributed by atoms with van der Waals surface area (Å²) in [6, 6.07) is 2.45. The van der Waals surface area contributed by atoms with E-state index in [0.717, 1.165) is 12.8 Å². The molecule has 0 unspecified atom stereocenters. The summed E-state index contributed by atoms with van der Waals surface area (Å²) < 4.78 is 12.6. The predicted octanol–water partition coefficient (Wildman–Crippen LogP) is 1.57. The lowest BCUT2D eigenvalue weighted by Gasteiger charge is -2.01. The number of amides is 1. The lowest BCUT2D eigenvalue weighted by molar-refractivity contribution is -0.117. The Bertz CT molecular complexity index is 336. The first-order valence-electron chi connectivity index (χ1n) is 4.18. The normalized spacial score (nSPS) is 15.5. The number of rotatable bonds is 2. The number of pyridine rings is 1. The van der Waals surface area contributed by atoms with Crippen molar-refractivity contribution in [2.45, 2.75) is 12.8 Å². The molecule has 1 aromatic rings. The fourth-order valence-electron chi connectivity index (χ4n) is 1.05. The smallest absolute Gasteiger partial charge is 0.228 e. The van der Waals surface area contributed by atoms with Crippen molar-refractivity contribution in [1.82, 2.24) is 4.98 Å². The Morgan fingerprint density at radius 1 is 1.62 bits per heavy atom. The van der Waals surface area contributed by atoms with Gasteiger partial charge in [0.15, 0.2) is 0 Å². The number of nitrogens with zero attached hydrogens (tertiary/aromatic N) is 1. The first-order chi connectivity index (χ1) is 6.25. The lowest BCUT2D eigenvalue weighted by Crippen LogP contribution is -2.14. The van der Waals surface area contributed by atoms with Gasteiger partial charge in [0.25, 0.3) is 0 Å². The predicted molar refractivity (Wildman–Crippen MR) is 45.5 cm³/mol. The molecule has 0 atom stereocenters. The Kier molecular flexibility index (Phi) is 1.96. The molecule has 1 aliphatic rings. The van der Waals surface area contributed by atoms with E-state index in [4.69, 9.17) is 0 Å². The van der Waals surface area contributed by atoms with Crippen LogP contribution in [-0.2, 0) is 4.79 Å². The van der Waals surface area contributed by atoms with E-state index >= 15 is 0 Å². The Hall–Kier alpha value is -1.45. The van der Waals surface area contributed by atoms with E-state index in [1.54, 1.807) is 0 Å². The van der Waals surface area contributed by atoms with E-state index in [0.29, 0.717) is 0 Å². The van der Waals surface area contributed by atoms with Crippen molar-refractivity contribution in [1.29, 1.82) is 0 Å². The number of hydrogen-bond acceptors (Lipinski definition) is 2. The van der Waals surface area contributed by atoms with Gasteiger partial charge in [0.1, 0.15) is 11.6 Å². The van der Waals surface area contributed by atoms with Gasteiger partial charge in [0, 0.05) is 18.2 Å². The standard InChI is InChI=1S/C9H9FN2O/c10-7-3-4-11-8(5-7)12-9(13)6-1-2-6/h3-6H,1-2H2,(H,11,12,13). The van der Waals surface area contributed by atoms with Crippen LogP contribution in [0.4, 0.5) is 10.2 Å². The van der Waals surface area contributed by atoms with Gasteiger partial charge in [0.05, 0.1) is 0 Å². The maximum atomic E-state index is 12.6. The third kappa shape index (κ3) is 2.02. The number of aromatic nitrogens is 1. The summed E-state index contributed by atoms with van der Waals surface area (Å²) in [5, 5.41) is 2.55. The number of anilines is 1. The van der Waals surface area contributed by atoms with E-state index < -0.39 is 0 Å². The molecule has 1 fully saturated rings. The molecular formula is C9H9FN2O. The van der Waals surface area contributed by atoms with Gasteiger partial charge in [-0.15, -0.1) is 0 Å². The first kappa shape index (κ1) is 8.16. The van der Waals surface area contributed by atoms with Gasteiger partial charge in [0.2, 0.25) is 5.91 Å². The van der Waals surface area contributed by atoms with E-state index in [-0.39, 0.29) is 23.5 Å². The fraction of sp³-hybridized carbons (Fsp3) is 0.333. The quantitative estimate of drug-likeness (QED) is 0.750. The van der Waals surface area contributed by atoms with Gasteiger partial charge in [-0.1, -0.05) is 0 Å². The average Bonchev–Trinajstić information content (AvgIpc) is 2.85. The van der Waals surface area contributed by atoms with Gasteiger partial charge in [-0.25, -0.2) is 9.37 Å². The SMILES string of the molecule is O=C(Nc1cc(F)ccn1)C1CC1. The molecule has 0 spiro atoms. The zero-order chi connectivity index (χ0) is 9.26. The second kappa shape index (κ2) is 3.12. The number of nitrogens with one attached hydrogen (secondary N) is 1. The summed E-state index contributed by atoms with van der Waals surface area (Å²) >= 11 is 0. The molecule has 68 valence electrons. The van der Waals surface area contributed by atoms with Crippen LogP contribution in [0.25, 0.3) is 0 Å². The van der Waals surface area contributed by atoms with Gasteiger partial charge < -0.3 is 5.32 Å². The summed E-state index contributed by atoms with van der Waals surface area (Å²) in [5.74, 6) is -0.0406. The zero-order valence-electron chi connectivity index (χ0n) is 6.96. The highest BCUT2D eigenvalue weighted by Gasteiger charge is 2.29. The van der Waals surface area contributed by atoms with E-state index in [9.17, 15) is 9.18 Å². The Labute approximate surface area is 75.0 Å². The van der Waals surface area contributed by atoms with Crippen LogP contribution in [0.15, 0.2) is 18.3 Å². The van der Waals surface area contributed by atoms with Crippen molar-refractivity contribution < 1.29 is 9.18 Å². The van der Waals surface area contributed by atoms with Crippen LogP contribution < -0.4 is 5.32 Å². The summed E-state index contributed by atoms with van der Waals surface area (Å²) in [7, 11) is 0. The molecule has 1 saturated carbocycles. The summed E-state index contributed by atoms with van der Waals surface area (Å²) in [6.07, 6.45) is 3.19. The summed E-state index contributed by atoms with van der Waals surface area (Å²) in [4.78, 5) is 15.0. The molecule has 2 rings (SSSR count). The molecule has 1 aliphatic carbocycles. The first-order valence-corrected chi connectivity index (χ1v) is 4.18. The minimum absolute atomic E-state index is 0.0573. The van der Waals surface area contributed by atoms with Crippen LogP contribution in [0.5, 0.6) is 0 Å². The van der Waals surface area contributed by atoms with E-state index in [1.807, 2.05) is 0 Å². The van der Waals surface area contributed by atoms with Gasteiger partial charge in [-0.3, -0.25) is 4.79 Å². The molecule has 0 saturated heterocycles. The minimum atomic E-state index is -0.388. The van der Waals surface area contributed by atoms with Crippen molar-refractivity contribution in [2.75, 3.05) is 5.32 Å². The van der Waals surface area contributed by atoms with Crippen molar-refractivity contribution in [3.8, 4) is 0 Å². The third-order valence-corrected chi connectivity index (χ3v) is 1.92. The highest BCUT2D eigenvalue weighted by molar-refractivity contribution is 5.93. The second-order valence-corrected chi connectivity index (χ2v) is 3.12. The van der Waals surface area contributed by atoms with Crippen LogP contribution in [0.1, 0.15) is 12.8 Å². The third-order valence-electron chi connectivity index (χ3n) is 1.92. The molecule has 0 aromatic carbocycles. The summed E-state index contributed by atoms with van der Waals surface area (Å²) in [5.41, 5.74) is 0. The van der Waals surface area contributed by atoms with Crippen LogP contribution in [0, 0.1) is 11.7 Å². The molecule has 0 radical (unpaired) electrons. The number of carbonyl (C=O) groups is 1. The Morgan fingerprint density at radius 2 is 2.38 bits per heavy atom. The van der Waals surface area contributed by atoms with Crippen molar-refractivity contribution >= 4 is 11.7 Å². The summed E-state index contributed by atoms with van der Waals surface area (Å²) in [6.45, 7) is 0. The number of halogens is 1. The molecule has 4 heteroatoms. The van der Waals surface area contributed by atoms with E-state index in [2.05, 4.69) is 10.3 Å². The van der Waals surface area contributed by atoms with E-state index in [1.165, 1.54) is 18.3 Å². The monoisotopic (exact) mass is 180 g/mol. The van der Waals surface area contributed by atoms with Gasteiger partial charge in [-0.2, -0.15) is 0 Å². The lowest BCUT2D eigenvalue weighted by atomic mass is 10.4. The van der Waals surface area contributed by atoms with Gasteiger partial charge >= 0.3 is 0 Å². The molecule has 0 bridgehead atoms. The molecule has 13 heavy (non-hydrogen) atoms. The topological polar surface area (TPSA) is 42.0 Å². The highest BCUT2D eigenvalue weighted by atomic mass is 19.1. The molecule has 1 amide bonds. The highest BCUT2D eigenvalue weighted by Crippen LogP contribution is 2.29. The molecule has 1 N–H and O–H groups in total. The number of carbonyl (C=O) groups excluding carboxylic acids is 1. The zero-order valence-corrected chi connectivity index (χ0v) is 6.96. The molecule has 3 nitrogen and oxygen atoms in total. The maximum Gasteiger partial charge on any atom is 0.228 e. The fourth-order valence-corrected chi connectivity index (χ4v) is 1.05. The number of hydrogen-bond donors (Lipinski definition) is 1. The van der Waals surface area contributed by atoms with Crippen LogP contribution in [0.2, 0.25) is 0 Å². The molecule has 1 heterocycles. The minimum Gasteiger partial charge on any atom is -0.310 e. The van der Waals surface area contributed by atoms with Crippen molar-refractivity contribution in [3.05, 3.63) is 24.1 Å². The van der Waals surface area contributed by atoms with Crippen LogP contribution >= 0.6 is 0 Å². The van der Waals surface area contributed by atoms with Crippen LogP contribution in [0.3, 0.4) is 0 Å². The molecule has 0 aliphatic heterocycles. The Morgan fingerprint density at radius 3 is 3.00 bits per heavy atom. The maximum absolute atomic E-state index is 12.6. The Balaban J connectivity index is 2.04. The second-order valence-electron chi connectivity index (χ2n) is 3.12. The molecule has 1 aromatic heterocycles. The molecular weight excluding hydrogens is 171 g/mol. The van der Waals surface area contributed by atoms with Crippen molar-refractivity contribution in [3.63, 3.8) is 0 Å². The van der Waals surface area contributed by atoms with Crippen molar-refractivity contribution in [2.24, 2.45) is 5.92 Å². The van der Waals surface area contributed by atoms with Crippen LogP contribution in [-0.4, -0.2) is 10.9 Å². The largest absolute Gasteiger partial charge is 0.310 e. The average molecular weight is 180 g/mol. The van der Waals surface area contributed by atoms with Gasteiger partial charge in [-0.05, 0) is 18.9 Å².